The molecule has 2 aliphatic heterocycles. The molecule has 2 bridgehead atoms. The zero-order valence-corrected chi connectivity index (χ0v) is 20.3. The fraction of sp³-hybridized carbons (Fsp3) is 0.308. The molecule has 0 saturated carbocycles. The van der Waals surface area contributed by atoms with Gasteiger partial charge in [0.15, 0.2) is 5.69 Å². The molecule has 39 heavy (non-hydrogen) atoms. The highest BCUT2D eigenvalue weighted by Crippen LogP contribution is 2.65. The SMILES string of the molecule is C[C@@]12O[C@@](CCOc3cc(C(F)(F)F)ncn3)(C[C@H]1O)c1c2c(O)n(-c2ccc(C#N)c3ncccc23)c1O. The molecule has 3 atom stereocenters. The first-order valence-electron chi connectivity index (χ1n) is 11.9. The summed E-state index contributed by atoms with van der Waals surface area (Å²) in [6, 6.07) is 9.20. The molecule has 3 aromatic heterocycles. The quantitative estimate of drug-likeness (QED) is 0.345. The van der Waals surface area contributed by atoms with Crippen LogP contribution in [0.25, 0.3) is 16.6 Å². The van der Waals surface area contributed by atoms with Gasteiger partial charge >= 0.3 is 6.18 Å². The number of hydrogen-bond acceptors (Lipinski definition) is 9. The van der Waals surface area contributed by atoms with Crippen LogP contribution in [0.1, 0.15) is 42.1 Å². The number of aliphatic hydroxyl groups is 1. The maximum atomic E-state index is 13.0. The summed E-state index contributed by atoms with van der Waals surface area (Å²) in [6.45, 7) is 1.42. The molecule has 10 nitrogen and oxygen atoms in total. The van der Waals surface area contributed by atoms with Gasteiger partial charge in [0.1, 0.15) is 23.6 Å². The van der Waals surface area contributed by atoms with Crippen LogP contribution >= 0.6 is 0 Å². The number of aromatic hydroxyl groups is 2. The first-order valence-corrected chi connectivity index (χ1v) is 11.9. The Kier molecular flexibility index (Phi) is 5.29. The summed E-state index contributed by atoms with van der Waals surface area (Å²) in [5.74, 6) is -0.990. The number of ether oxygens (including phenoxy) is 2. The summed E-state index contributed by atoms with van der Waals surface area (Å²) in [5, 5.41) is 43.7. The first kappa shape index (κ1) is 24.9. The van der Waals surface area contributed by atoms with E-state index in [4.69, 9.17) is 9.47 Å². The minimum atomic E-state index is -4.67. The van der Waals surface area contributed by atoms with Gasteiger partial charge in [-0.05, 0) is 31.2 Å². The number of pyridine rings is 1. The first-order chi connectivity index (χ1) is 18.5. The summed E-state index contributed by atoms with van der Waals surface area (Å²) >= 11 is 0. The van der Waals surface area contributed by atoms with E-state index >= 15 is 0 Å². The second-order valence-corrected chi connectivity index (χ2v) is 9.64. The molecule has 1 fully saturated rings. The number of benzene rings is 1. The largest absolute Gasteiger partial charge is 0.494 e. The molecule has 200 valence electrons. The number of rotatable bonds is 5. The number of halogens is 3. The standard InChI is InChI=1S/C26H20F3N5O5/c1-24-17(35)10-25(39-24,6-8-38-18-9-16(26(27,28)29)32-12-33-18)20-19(24)22(36)34(23(20)37)15-5-4-13(11-30)21-14(15)3-2-7-31-21/h2-5,7,9,12,17,35-37H,6,8,10H2,1H3/t17-,24-,25+/m1/s1. The molecule has 0 spiro atoms. The van der Waals surface area contributed by atoms with Crippen LogP contribution in [0.15, 0.2) is 42.9 Å². The van der Waals surface area contributed by atoms with E-state index in [2.05, 4.69) is 21.0 Å². The predicted octanol–water partition coefficient (Wildman–Crippen LogP) is 3.79. The van der Waals surface area contributed by atoms with Crippen molar-refractivity contribution in [2.24, 2.45) is 0 Å². The van der Waals surface area contributed by atoms with E-state index in [9.17, 15) is 33.8 Å². The topological polar surface area (TPSA) is 147 Å². The van der Waals surface area contributed by atoms with Crippen molar-refractivity contribution in [2.75, 3.05) is 6.61 Å². The summed E-state index contributed by atoms with van der Waals surface area (Å²) < 4.78 is 51.9. The van der Waals surface area contributed by atoms with Crippen LogP contribution in [0, 0.1) is 11.3 Å². The molecule has 0 amide bonds. The number of fused-ring (bicyclic) bond motifs is 6. The summed E-state index contributed by atoms with van der Waals surface area (Å²) in [5.41, 5.74) is -2.35. The van der Waals surface area contributed by atoms with E-state index in [-0.39, 0.29) is 48.2 Å². The molecule has 0 radical (unpaired) electrons. The van der Waals surface area contributed by atoms with Crippen LogP contribution in [0.2, 0.25) is 0 Å². The van der Waals surface area contributed by atoms with Gasteiger partial charge in [-0.25, -0.2) is 9.97 Å². The van der Waals surface area contributed by atoms with Gasteiger partial charge in [0.2, 0.25) is 17.6 Å². The van der Waals surface area contributed by atoms with Gasteiger partial charge in [-0.15, -0.1) is 0 Å². The second-order valence-electron chi connectivity index (χ2n) is 9.64. The van der Waals surface area contributed by atoms with Crippen molar-refractivity contribution in [3.63, 3.8) is 0 Å². The van der Waals surface area contributed by atoms with E-state index in [0.717, 1.165) is 6.33 Å². The van der Waals surface area contributed by atoms with Crippen LogP contribution in [0.5, 0.6) is 17.6 Å². The predicted molar refractivity (Wildman–Crippen MR) is 127 cm³/mol. The molecule has 13 heteroatoms. The Morgan fingerprint density at radius 3 is 2.69 bits per heavy atom. The van der Waals surface area contributed by atoms with Crippen LogP contribution in [0.4, 0.5) is 13.2 Å². The Balaban J connectivity index is 1.40. The molecule has 0 aliphatic carbocycles. The fourth-order valence-corrected chi connectivity index (χ4v) is 5.69. The third-order valence-electron chi connectivity index (χ3n) is 7.44. The van der Waals surface area contributed by atoms with Crippen molar-refractivity contribution in [3.8, 4) is 29.4 Å². The molecular weight excluding hydrogens is 519 g/mol. The lowest BCUT2D eigenvalue weighted by Gasteiger charge is -2.26. The van der Waals surface area contributed by atoms with Crippen LogP contribution in [0.3, 0.4) is 0 Å². The lowest BCUT2D eigenvalue weighted by Crippen LogP contribution is -2.33. The summed E-state index contributed by atoms with van der Waals surface area (Å²) in [6.07, 6.45) is -3.39. The monoisotopic (exact) mass is 539 g/mol. The van der Waals surface area contributed by atoms with Gasteiger partial charge in [0.05, 0.1) is 40.6 Å². The highest BCUT2D eigenvalue weighted by atomic mass is 19.4. The maximum absolute atomic E-state index is 13.0. The zero-order valence-electron chi connectivity index (χ0n) is 20.3. The smallest absolute Gasteiger partial charge is 0.433 e. The van der Waals surface area contributed by atoms with E-state index in [1.165, 1.54) is 16.8 Å². The molecule has 6 rings (SSSR count). The van der Waals surface area contributed by atoms with Crippen molar-refractivity contribution < 1.29 is 38.0 Å². The third-order valence-corrected chi connectivity index (χ3v) is 7.44. The van der Waals surface area contributed by atoms with Crippen molar-refractivity contribution in [1.29, 1.82) is 5.26 Å². The number of aliphatic hydroxyl groups excluding tert-OH is 1. The zero-order chi connectivity index (χ0) is 27.7. The normalized spacial score (nSPS) is 23.6. The molecular formula is C26H20F3N5O5. The fourth-order valence-electron chi connectivity index (χ4n) is 5.69. The maximum Gasteiger partial charge on any atom is 0.433 e. The van der Waals surface area contributed by atoms with Crippen molar-refractivity contribution in [1.82, 2.24) is 19.5 Å². The van der Waals surface area contributed by atoms with Gasteiger partial charge in [-0.1, -0.05) is 0 Å². The molecule has 5 heterocycles. The van der Waals surface area contributed by atoms with Crippen LogP contribution in [-0.2, 0) is 22.1 Å². The average Bonchev–Trinajstić information content (AvgIpc) is 3.44. The minimum Gasteiger partial charge on any atom is -0.494 e. The highest BCUT2D eigenvalue weighted by Gasteiger charge is 2.66. The Labute approximate surface area is 218 Å². The van der Waals surface area contributed by atoms with Crippen molar-refractivity contribution >= 4 is 10.9 Å². The van der Waals surface area contributed by atoms with Gasteiger partial charge < -0.3 is 24.8 Å². The number of hydrogen-bond donors (Lipinski definition) is 3. The van der Waals surface area contributed by atoms with Crippen molar-refractivity contribution in [3.05, 3.63) is 65.2 Å². The lowest BCUT2D eigenvalue weighted by atomic mass is 9.76. The Hall–Kier alpha value is -4.41. The van der Waals surface area contributed by atoms with Gasteiger partial charge in [0.25, 0.3) is 0 Å². The number of nitriles is 1. The minimum absolute atomic E-state index is 0.0185. The molecule has 2 aliphatic rings. The molecule has 0 unspecified atom stereocenters. The summed E-state index contributed by atoms with van der Waals surface area (Å²) in [4.78, 5) is 11.2. The van der Waals surface area contributed by atoms with Crippen LogP contribution < -0.4 is 4.74 Å². The Morgan fingerprint density at radius 1 is 1.18 bits per heavy atom. The molecule has 4 aromatic rings. The van der Waals surface area contributed by atoms with Crippen LogP contribution in [-0.4, -0.2) is 47.5 Å². The molecule has 1 aromatic carbocycles. The van der Waals surface area contributed by atoms with E-state index in [1.807, 2.05) is 0 Å². The van der Waals surface area contributed by atoms with E-state index in [1.54, 1.807) is 25.1 Å². The van der Waals surface area contributed by atoms with E-state index in [0.29, 0.717) is 28.2 Å². The Bertz CT molecular complexity index is 1680. The van der Waals surface area contributed by atoms with E-state index < -0.39 is 29.2 Å². The van der Waals surface area contributed by atoms with Gasteiger partial charge in [-0.2, -0.15) is 18.4 Å². The third kappa shape index (κ3) is 3.52. The lowest BCUT2D eigenvalue weighted by molar-refractivity contribution is -0.141. The second kappa shape index (κ2) is 8.29. The number of nitrogens with zero attached hydrogens (tertiary/aromatic N) is 5. The molecule has 3 N–H and O–H groups in total. The molecule has 1 saturated heterocycles. The number of alkyl halides is 3. The van der Waals surface area contributed by atoms with Gasteiger partial charge in [0, 0.05) is 30.5 Å². The average molecular weight is 539 g/mol. The summed E-state index contributed by atoms with van der Waals surface area (Å²) in [7, 11) is 0. The Morgan fingerprint density at radius 2 is 1.95 bits per heavy atom. The van der Waals surface area contributed by atoms with Gasteiger partial charge in [-0.3, -0.25) is 9.55 Å². The highest BCUT2D eigenvalue weighted by molar-refractivity contribution is 5.92. The van der Waals surface area contributed by atoms with Crippen molar-refractivity contribution in [2.45, 2.75) is 43.2 Å². The number of aromatic nitrogens is 4.